The van der Waals surface area contributed by atoms with Crippen LogP contribution in [0.1, 0.15) is 57.1 Å². The van der Waals surface area contributed by atoms with E-state index in [1.165, 1.54) is 27.8 Å². The number of hydrogen-bond donors (Lipinski definition) is 3. The van der Waals surface area contributed by atoms with Gasteiger partial charge >= 0.3 is 6.09 Å². The summed E-state index contributed by atoms with van der Waals surface area (Å²) < 4.78 is 48.6. The van der Waals surface area contributed by atoms with Crippen molar-refractivity contribution in [2.24, 2.45) is 17.8 Å². The number of nitrogens with zero attached hydrogens (tertiary/aromatic N) is 3. The van der Waals surface area contributed by atoms with E-state index in [2.05, 4.69) is 33.6 Å². The van der Waals surface area contributed by atoms with Crippen LogP contribution in [-0.2, 0) is 29.1 Å². The second-order valence-electron chi connectivity index (χ2n) is 13.1. The average molecular weight is 699 g/mol. The van der Waals surface area contributed by atoms with E-state index in [1.807, 2.05) is 0 Å². The van der Waals surface area contributed by atoms with Crippen LogP contribution in [-0.4, -0.2) is 77.4 Å². The number of unbranched alkanes of at least 4 members (excludes halogenated alkanes) is 2. The highest BCUT2D eigenvalue weighted by Crippen LogP contribution is 2.46. The monoisotopic (exact) mass is 698 g/mol. The fraction of sp³-hybridized carbons (Fsp3) is 0.500. The van der Waals surface area contributed by atoms with Crippen LogP contribution >= 0.6 is 0 Å². The lowest BCUT2D eigenvalue weighted by Gasteiger charge is -2.26. The Labute approximate surface area is 285 Å². The summed E-state index contributed by atoms with van der Waals surface area (Å²) in [6.45, 7) is 9.66. The van der Waals surface area contributed by atoms with Gasteiger partial charge in [0.2, 0.25) is 21.8 Å². The zero-order valence-electron chi connectivity index (χ0n) is 27.7. The molecule has 3 fully saturated rings. The Kier molecular flexibility index (Phi) is 10.6. The number of halogens is 1. The molecule has 3 saturated carbocycles. The van der Waals surface area contributed by atoms with E-state index < -0.39 is 68.4 Å². The number of carbonyl (C=O) groups excluding carboxylic acids is 4. The van der Waals surface area contributed by atoms with E-state index in [0.717, 1.165) is 18.9 Å². The minimum Gasteiger partial charge on any atom is -0.446 e. The van der Waals surface area contributed by atoms with Crippen LogP contribution in [0.2, 0.25) is 0 Å². The third-order valence-corrected chi connectivity index (χ3v) is 11.2. The van der Waals surface area contributed by atoms with Gasteiger partial charge in [0.15, 0.2) is 0 Å². The molecule has 0 unspecified atom stereocenters. The first kappa shape index (κ1) is 35.8. The largest absolute Gasteiger partial charge is 0.446 e. The molecule has 15 heteroatoms. The van der Waals surface area contributed by atoms with Gasteiger partial charge in [-0.05, 0) is 82.6 Å². The first-order valence-electron chi connectivity index (χ1n) is 16.4. The van der Waals surface area contributed by atoms with Crippen LogP contribution in [0.25, 0.3) is 5.69 Å². The maximum Gasteiger partial charge on any atom is 0.411 e. The number of amides is 4. The second-order valence-corrected chi connectivity index (χ2v) is 15.1. The molecule has 0 aliphatic heterocycles. The first-order chi connectivity index (χ1) is 23.3. The van der Waals surface area contributed by atoms with Crippen molar-refractivity contribution < 1.29 is 36.7 Å². The second kappa shape index (κ2) is 14.5. The molecule has 5 rings (SSSR count). The minimum atomic E-state index is -3.88. The fourth-order valence-electron chi connectivity index (χ4n) is 6.36. The summed E-state index contributed by atoms with van der Waals surface area (Å²) in [4.78, 5) is 55.6. The molecular weight excluding hydrogens is 655 g/mol. The van der Waals surface area contributed by atoms with Crippen LogP contribution in [0.4, 0.5) is 14.9 Å². The molecule has 1 aromatic carbocycles. The predicted molar refractivity (Wildman–Crippen MR) is 179 cm³/mol. The number of benzene rings is 1. The quantitative estimate of drug-likeness (QED) is 0.187. The van der Waals surface area contributed by atoms with Gasteiger partial charge in [0, 0.05) is 25.7 Å². The highest BCUT2D eigenvalue weighted by atomic mass is 32.2. The molecule has 264 valence electrons. The third-order valence-electron chi connectivity index (χ3n) is 9.39. The highest BCUT2D eigenvalue weighted by molar-refractivity contribution is 7.91. The van der Waals surface area contributed by atoms with E-state index in [0.29, 0.717) is 37.2 Å². The summed E-state index contributed by atoms with van der Waals surface area (Å²) in [5, 5.41) is 8.99. The molecule has 0 saturated heterocycles. The van der Waals surface area contributed by atoms with Gasteiger partial charge in [0.25, 0.3) is 5.91 Å². The molecule has 5 atom stereocenters. The molecule has 0 radical (unpaired) electrons. The van der Waals surface area contributed by atoms with Crippen molar-refractivity contribution in [3.05, 3.63) is 67.3 Å². The number of aromatic nitrogens is 2. The molecule has 49 heavy (non-hydrogen) atoms. The standard InChI is InChI=1S/C34H43FN6O7S/c1-5-7-8-9-15-40(4)31(43)27-19-24(48-33(45)36-28-17-23(35)10-13-29(28)41-16-14-21(3)38-41)18-26(27)30(42)37-34(20-22(34)6-2)32(44)39-49(46,47)25-11-12-25/h5-6,10,13-14,16-17,22,24-27H,1-2,7-9,11-12,15,18-20H2,3-4H3,(H,36,45)(H,37,42)(H,39,44)/t22-,24-,26-,27-,34-/m1/s1. The summed E-state index contributed by atoms with van der Waals surface area (Å²) >= 11 is 0. The number of rotatable bonds is 15. The number of carbonyl (C=O) groups is 4. The van der Waals surface area contributed by atoms with Crippen LogP contribution in [0.5, 0.6) is 0 Å². The summed E-state index contributed by atoms with van der Waals surface area (Å²) in [7, 11) is -2.24. The Morgan fingerprint density at radius 2 is 1.88 bits per heavy atom. The minimum absolute atomic E-state index is 0.0236. The molecule has 3 aliphatic carbocycles. The lowest BCUT2D eigenvalue weighted by atomic mass is 9.93. The number of anilines is 1. The van der Waals surface area contributed by atoms with Gasteiger partial charge in [0.1, 0.15) is 17.5 Å². The van der Waals surface area contributed by atoms with Crippen molar-refractivity contribution in [2.45, 2.75) is 75.2 Å². The normalized spacial score (nSPS) is 24.4. The smallest absolute Gasteiger partial charge is 0.411 e. The van der Waals surface area contributed by atoms with Crippen molar-refractivity contribution >= 4 is 39.5 Å². The topological polar surface area (TPSA) is 169 Å². The van der Waals surface area contributed by atoms with Gasteiger partial charge < -0.3 is 15.0 Å². The van der Waals surface area contributed by atoms with Crippen molar-refractivity contribution in [3.8, 4) is 5.69 Å². The van der Waals surface area contributed by atoms with Gasteiger partial charge in [-0.2, -0.15) is 5.10 Å². The van der Waals surface area contributed by atoms with Crippen molar-refractivity contribution in [1.29, 1.82) is 0 Å². The summed E-state index contributed by atoms with van der Waals surface area (Å²) in [5.41, 5.74) is -0.316. The summed E-state index contributed by atoms with van der Waals surface area (Å²) in [6, 6.07) is 5.58. The van der Waals surface area contributed by atoms with Gasteiger partial charge in [0.05, 0.1) is 34.2 Å². The maximum absolute atomic E-state index is 14.2. The molecule has 2 aromatic rings. The Morgan fingerprint density at radius 1 is 1.14 bits per heavy atom. The van der Waals surface area contributed by atoms with Crippen molar-refractivity contribution in [2.75, 3.05) is 18.9 Å². The number of sulfonamides is 1. The number of ether oxygens (including phenoxy) is 1. The molecule has 3 N–H and O–H groups in total. The van der Waals surface area contributed by atoms with Crippen molar-refractivity contribution in [3.63, 3.8) is 0 Å². The van der Waals surface area contributed by atoms with Crippen LogP contribution in [0.3, 0.4) is 0 Å². The van der Waals surface area contributed by atoms with Gasteiger partial charge in [-0.1, -0.05) is 12.2 Å². The van der Waals surface area contributed by atoms with E-state index in [9.17, 15) is 32.0 Å². The molecule has 0 bridgehead atoms. The average Bonchev–Trinajstić information content (AvgIpc) is 3.95. The maximum atomic E-state index is 14.2. The van der Waals surface area contributed by atoms with E-state index in [-0.39, 0.29) is 30.9 Å². The molecule has 13 nitrogen and oxygen atoms in total. The molecule has 4 amide bonds. The number of allylic oxidation sites excluding steroid dienone is 1. The number of aryl methyl sites for hydroxylation is 1. The molecule has 1 heterocycles. The van der Waals surface area contributed by atoms with E-state index in [4.69, 9.17) is 4.74 Å². The summed E-state index contributed by atoms with van der Waals surface area (Å²) in [6.07, 6.45) is 6.53. The summed E-state index contributed by atoms with van der Waals surface area (Å²) in [5.74, 6) is -4.78. The molecule has 0 spiro atoms. The Hall–Kier alpha value is -4.53. The number of nitrogens with one attached hydrogen (secondary N) is 3. The molecule has 1 aromatic heterocycles. The van der Waals surface area contributed by atoms with Gasteiger partial charge in [-0.25, -0.2) is 22.3 Å². The van der Waals surface area contributed by atoms with Crippen LogP contribution in [0, 0.1) is 30.5 Å². The fourth-order valence-corrected chi connectivity index (χ4v) is 7.72. The van der Waals surface area contributed by atoms with E-state index in [1.54, 1.807) is 32.3 Å². The van der Waals surface area contributed by atoms with Crippen LogP contribution < -0.4 is 15.4 Å². The third kappa shape index (κ3) is 8.20. The predicted octanol–water partition coefficient (Wildman–Crippen LogP) is 3.75. The first-order valence-corrected chi connectivity index (χ1v) is 18.0. The lowest BCUT2D eigenvalue weighted by molar-refractivity contribution is -0.140. The van der Waals surface area contributed by atoms with E-state index >= 15 is 0 Å². The van der Waals surface area contributed by atoms with Crippen molar-refractivity contribution in [1.82, 2.24) is 24.7 Å². The van der Waals surface area contributed by atoms with Gasteiger partial charge in [-0.3, -0.25) is 24.4 Å². The molecular formula is C34H43FN6O7S. The number of hydrogen-bond acceptors (Lipinski definition) is 8. The Morgan fingerprint density at radius 3 is 2.51 bits per heavy atom. The zero-order valence-corrected chi connectivity index (χ0v) is 28.5. The SMILES string of the molecule is C=CCCCCN(C)C(=O)[C@@H]1C[C@H](OC(=O)Nc2cc(F)ccc2-n2ccc(C)n2)C[C@H]1C(=O)N[C@]1(C(=O)NS(=O)(=O)C2CC2)C[C@H]1C=C. The Bertz CT molecular complexity index is 1740. The highest BCUT2D eigenvalue weighted by Gasteiger charge is 2.62. The Balaban J connectivity index is 1.32. The van der Waals surface area contributed by atoms with Gasteiger partial charge in [-0.15, -0.1) is 13.2 Å². The zero-order chi connectivity index (χ0) is 35.5. The lowest BCUT2D eigenvalue weighted by Crippen LogP contribution is -2.54. The van der Waals surface area contributed by atoms with Crippen LogP contribution in [0.15, 0.2) is 55.8 Å². The molecule has 3 aliphatic rings.